The van der Waals surface area contributed by atoms with Crippen LogP contribution in [0.15, 0.2) is 40.8 Å². The van der Waals surface area contributed by atoms with E-state index in [0.29, 0.717) is 22.2 Å². The fraction of sp³-hybridized carbons (Fsp3) is 0.214. The van der Waals surface area contributed by atoms with Gasteiger partial charge in [0.05, 0.1) is 5.75 Å². The molecule has 2 rings (SSSR count). The quantitative estimate of drug-likeness (QED) is 0.843. The van der Waals surface area contributed by atoms with Crippen molar-refractivity contribution in [2.75, 3.05) is 11.6 Å². The van der Waals surface area contributed by atoms with Crippen molar-refractivity contribution in [1.29, 1.82) is 0 Å². The average Bonchev–Trinajstić information content (AvgIpc) is 2.86. The molecule has 0 aliphatic carbocycles. The number of hydrogen-bond acceptors (Lipinski definition) is 4. The molecule has 1 aromatic heterocycles. The third-order valence-electron chi connectivity index (χ3n) is 2.66. The van der Waals surface area contributed by atoms with Crippen molar-refractivity contribution >= 4 is 35.0 Å². The number of carbonyl (C=O) groups is 1. The first-order valence-corrected chi connectivity index (χ1v) is 7.70. The third-order valence-corrected chi connectivity index (χ3v) is 3.48. The SMILES string of the molecule is CSCc1ccc(C(Nc2ccc(Cl)cc2)C(=O)O)o1. The van der Waals surface area contributed by atoms with E-state index in [-0.39, 0.29) is 0 Å². The first-order chi connectivity index (χ1) is 9.60. The van der Waals surface area contributed by atoms with E-state index in [2.05, 4.69) is 5.32 Å². The molecule has 0 saturated heterocycles. The van der Waals surface area contributed by atoms with Crippen molar-refractivity contribution in [2.24, 2.45) is 0 Å². The highest BCUT2D eigenvalue weighted by atomic mass is 35.5. The molecule has 0 bridgehead atoms. The lowest BCUT2D eigenvalue weighted by Gasteiger charge is -2.13. The first kappa shape index (κ1) is 14.8. The predicted molar refractivity (Wildman–Crippen MR) is 81.4 cm³/mol. The molecule has 6 heteroatoms. The molecule has 1 aromatic carbocycles. The van der Waals surface area contributed by atoms with Crippen LogP contribution in [0.4, 0.5) is 5.69 Å². The number of carboxylic acids is 1. The average molecular weight is 312 g/mol. The Bertz CT molecular complexity index is 582. The Morgan fingerprint density at radius 3 is 2.65 bits per heavy atom. The van der Waals surface area contributed by atoms with Crippen LogP contribution >= 0.6 is 23.4 Å². The zero-order valence-corrected chi connectivity index (χ0v) is 12.4. The van der Waals surface area contributed by atoms with E-state index in [4.69, 9.17) is 16.0 Å². The number of hydrogen-bond donors (Lipinski definition) is 2. The summed E-state index contributed by atoms with van der Waals surface area (Å²) in [6.45, 7) is 0. The highest BCUT2D eigenvalue weighted by Gasteiger charge is 2.23. The molecule has 0 fully saturated rings. The molecular formula is C14H14ClNO3S. The van der Waals surface area contributed by atoms with Gasteiger partial charge in [-0.05, 0) is 42.7 Å². The second-order valence-corrected chi connectivity index (χ2v) is 5.46. The van der Waals surface area contributed by atoms with Crippen LogP contribution in [0.25, 0.3) is 0 Å². The summed E-state index contributed by atoms with van der Waals surface area (Å²) in [5, 5.41) is 12.8. The fourth-order valence-electron chi connectivity index (χ4n) is 1.74. The summed E-state index contributed by atoms with van der Waals surface area (Å²) in [7, 11) is 0. The van der Waals surface area contributed by atoms with Gasteiger partial charge in [0.2, 0.25) is 0 Å². The molecule has 1 unspecified atom stereocenters. The van der Waals surface area contributed by atoms with E-state index >= 15 is 0 Å². The van der Waals surface area contributed by atoms with Crippen molar-refractivity contribution in [1.82, 2.24) is 0 Å². The Balaban J connectivity index is 2.17. The monoisotopic (exact) mass is 311 g/mol. The first-order valence-electron chi connectivity index (χ1n) is 5.92. The van der Waals surface area contributed by atoms with Gasteiger partial charge in [-0.1, -0.05) is 11.6 Å². The van der Waals surface area contributed by atoms with Gasteiger partial charge in [-0.2, -0.15) is 11.8 Å². The lowest BCUT2D eigenvalue weighted by Crippen LogP contribution is -2.19. The molecular weight excluding hydrogens is 298 g/mol. The molecule has 1 heterocycles. The summed E-state index contributed by atoms with van der Waals surface area (Å²) in [5.41, 5.74) is 0.671. The van der Waals surface area contributed by atoms with Gasteiger partial charge < -0.3 is 14.8 Å². The van der Waals surface area contributed by atoms with Crippen LogP contribution < -0.4 is 5.32 Å². The van der Waals surface area contributed by atoms with Gasteiger partial charge in [-0.3, -0.25) is 0 Å². The minimum Gasteiger partial charge on any atom is -0.479 e. The topological polar surface area (TPSA) is 62.5 Å². The Morgan fingerprint density at radius 1 is 1.35 bits per heavy atom. The lowest BCUT2D eigenvalue weighted by atomic mass is 10.2. The van der Waals surface area contributed by atoms with Gasteiger partial charge in [0, 0.05) is 10.7 Å². The minimum absolute atomic E-state index is 0.386. The predicted octanol–water partition coefficient (Wildman–Crippen LogP) is 4.03. The van der Waals surface area contributed by atoms with Crippen LogP contribution in [0.1, 0.15) is 17.6 Å². The molecule has 0 aliphatic rings. The van der Waals surface area contributed by atoms with Crippen LogP contribution in [-0.4, -0.2) is 17.3 Å². The van der Waals surface area contributed by atoms with Gasteiger partial charge in [0.1, 0.15) is 11.5 Å². The molecule has 0 spiro atoms. The van der Waals surface area contributed by atoms with Crippen LogP contribution in [0, 0.1) is 0 Å². The number of rotatable bonds is 6. The number of aliphatic carboxylic acids is 1. The minimum atomic E-state index is -0.995. The second-order valence-electron chi connectivity index (χ2n) is 4.16. The highest BCUT2D eigenvalue weighted by Crippen LogP contribution is 2.24. The van der Waals surface area contributed by atoms with E-state index < -0.39 is 12.0 Å². The number of anilines is 1. The van der Waals surface area contributed by atoms with Crippen molar-refractivity contribution in [3.63, 3.8) is 0 Å². The molecule has 0 aliphatic heterocycles. The molecule has 4 nitrogen and oxygen atoms in total. The van der Waals surface area contributed by atoms with Crippen LogP contribution in [0.3, 0.4) is 0 Å². The van der Waals surface area contributed by atoms with Gasteiger partial charge in [0.15, 0.2) is 6.04 Å². The maximum atomic E-state index is 11.4. The maximum absolute atomic E-state index is 11.4. The summed E-state index contributed by atoms with van der Waals surface area (Å²) in [4.78, 5) is 11.4. The maximum Gasteiger partial charge on any atom is 0.334 e. The largest absolute Gasteiger partial charge is 0.479 e. The summed E-state index contributed by atoms with van der Waals surface area (Å²) in [6.07, 6.45) is 1.96. The number of thioether (sulfide) groups is 1. The molecule has 106 valence electrons. The van der Waals surface area contributed by atoms with Gasteiger partial charge in [-0.25, -0.2) is 4.79 Å². The van der Waals surface area contributed by atoms with Crippen molar-refractivity contribution < 1.29 is 14.3 Å². The van der Waals surface area contributed by atoms with Gasteiger partial charge in [-0.15, -0.1) is 0 Å². The summed E-state index contributed by atoms with van der Waals surface area (Å²) >= 11 is 7.42. The van der Waals surface area contributed by atoms with Crippen molar-refractivity contribution in [3.05, 3.63) is 52.9 Å². The number of halogens is 1. The number of nitrogens with one attached hydrogen (secondary N) is 1. The molecule has 0 amide bonds. The third kappa shape index (κ3) is 3.71. The van der Waals surface area contributed by atoms with E-state index in [1.807, 2.05) is 6.26 Å². The van der Waals surface area contributed by atoms with E-state index in [0.717, 1.165) is 5.76 Å². The summed E-state index contributed by atoms with van der Waals surface area (Å²) in [5.74, 6) is 0.867. The van der Waals surface area contributed by atoms with E-state index in [1.165, 1.54) is 0 Å². The highest BCUT2D eigenvalue weighted by molar-refractivity contribution is 7.97. The molecule has 1 atom stereocenters. The Hall–Kier alpha value is -1.59. The van der Waals surface area contributed by atoms with Crippen LogP contribution in [0.2, 0.25) is 5.02 Å². The molecule has 0 radical (unpaired) electrons. The van der Waals surface area contributed by atoms with Crippen LogP contribution in [0.5, 0.6) is 0 Å². The number of carboxylic acid groups (broad SMARTS) is 1. The van der Waals surface area contributed by atoms with E-state index in [1.54, 1.807) is 48.2 Å². The zero-order chi connectivity index (χ0) is 14.5. The van der Waals surface area contributed by atoms with Gasteiger partial charge in [0.25, 0.3) is 0 Å². The fourth-order valence-corrected chi connectivity index (χ4v) is 2.30. The lowest BCUT2D eigenvalue weighted by molar-refractivity contribution is -0.138. The molecule has 2 N–H and O–H groups in total. The standard InChI is InChI=1S/C14H14ClNO3S/c1-20-8-11-6-7-12(19-11)13(14(17)18)16-10-4-2-9(15)3-5-10/h2-7,13,16H,8H2,1H3,(H,17,18). The van der Waals surface area contributed by atoms with Crippen molar-refractivity contribution in [2.45, 2.75) is 11.8 Å². The van der Waals surface area contributed by atoms with E-state index in [9.17, 15) is 9.90 Å². The zero-order valence-electron chi connectivity index (χ0n) is 10.8. The summed E-state index contributed by atoms with van der Waals surface area (Å²) < 4.78 is 5.55. The Labute approximate surface area is 126 Å². The van der Waals surface area contributed by atoms with Crippen molar-refractivity contribution in [3.8, 4) is 0 Å². The number of furan rings is 1. The van der Waals surface area contributed by atoms with Crippen LogP contribution in [-0.2, 0) is 10.5 Å². The Morgan fingerprint density at radius 2 is 2.05 bits per heavy atom. The normalized spacial score (nSPS) is 12.1. The van der Waals surface area contributed by atoms with Gasteiger partial charge >= 0.3 is 5.97 Å². The summed E-state index contributed by atoms with van der Waals surface area (Å²) in [6, 6.07) is 9.41. The molecule has 0 saturated carbocycles. The second kappa shape index (κ2) is 6.72. The molecule has 2 aromatic rings. The Kier molecular flexibility index (Phi) is 4.98. The smallest absolute Gasteiger partial charge is 0.334 e. The number of benzene rings is 1. The molecule has 20 heavy (non-hydrogen) atoms.